The van der Waals surface area contributed by atoms with Crippen LogP contribution < -0.4 is 0 Å². The molecule has 4 aliphatic heterocycles. The van der Waals surface area contributed by atoms with E-state index in [-0.39, 0.29) is 73.9 Å². The van der Waals surface area contributed by atoms with Crippen LogP contribution in [-0.2, 0) is 85.8 Å². The summed E-state index contributed by atoms with van der Waals surface area (Å²) in [5.74, 6) is -2.47. The zero-order valence-corrected chi connectivity index (χ0v) is 41.0. The minimum Gasteiger partial charge on any atom is -0.462 e. The van der Waals surface area contributed by atoms with Gasteiger partial charge in [0, 0.05) is 23.8 Å². The van der Waals surface area contributed by atoms with Gasteiger partial charge in [0.15, 0.2) is 18.8 Å². The monoisotopic (exact) mass is 980 g/mol. The fourth-order valence-electron chi connectivity index (χ4n) is 11.7. The molecule has 10 rings (SSSR count). The van der Waals surface area contributed by atoms with Crippen molar-refractivity contribution in [2.45, 2.75) is 185 Å². The van der Waals surface area contributed by atoms with Crippen molar-refractivity contribution >= 4 is 51.9 Å². The number of rotatable bonds is 16. The molecule has 1 N–H and O–H groups in total. The van der Waals surface area contributed by atoms with Gasteiger partial charge in [0.25, 0.3) is 10.1 Å². The summed E-state index contributed by atoms with van der Waals surface area (Å²) in [6.45, 7) is 15.5. The van der Waals surface area contributed by atoms with Crippen molar-refractivity contribution in [2.24, 2.45) is 40.4 Å². The van der Waals surface area contributed by atoms with Crippen molar-refractivity contribution < 1.29 is 89.2 Å². The summed E-state index contributed by atoms with van der Waals surface area (Å²) < 4.78 is 71.2. The summed E-state index contributed by atoms with van der Waals surface area (Å²) in [6.07, 6.45) is 5.16. The van der Waals surface area contributed by atoms with Crippen LogP contribution in [0.15, 0.2) is 12.2 Å². The van der Waals surface area contributed by atoms with Gasteiger partial charge in [0.1, 0.15) is 37.1 Å². The maximum Gasteiger partial charge on any atom is 0.344 e. The Kier molecular flexibility index (Phi) is 14.9. The smallest absolute Gasteiger partial charge is 0.344 e. The van der Waals surface area contributed by atoms with Crippen LogP contribution in [0.1, 0.15) is 132 Å². The van der Waals surface area contributed by atoms with E-state index >= 15 is 0 Å². The molecule has 0 radical (unpaired) electrons. The zero-order chi connectivity index (χ0) is 49.7. The topological polar surface area (TPSA) is 257 Å². The fourth-order valence-corrected chi connectivity index (χ4v) is 13.6. The Labute approximate surface area is 397 Å². The molecule has 4 heterocycles. The van der Waals surface area contributed by atoms with E-state index < -0.39 is 92.3 Å². The number of ether oxygens (including phenoxy) is 8. The molecule has 0 aromatic heterocycles. The second kappa shape index (κ2) is 19.6. The number of hydrogen-bond acceptors (Lipinski definition) is 19. The SMILES string of the molecule is C=C(C)C(=O)OC12CC3CC(CC(O)(C3)C1)C2.CCC(C)(C)C(=O)OCC(=O)OC1C2CC3C(=O)OC1C3O2.CCC(C)(C)C(=O)OCCOC(=O)CCC(=O)OC1C2CC3C1OS(=O)(=O)C3C2. The molecule has 19 nitrogen and oxygen atoms in total. The molecule has 0 aromatic carbocycles. The van der Waals surface area contributed by atoms with Crippen molar-refractivity contribution in [1.82, 2.24) is 0 Å². The van der Waals surface area contributed by atoms with E-state index in [1.807, 2.05) is 13.8 Å². The third-order valence-electron chi connectivity index (χ3n) is 15.7. The van der Waals surface area contributed by atoms with E-state index in [9.17, 15) is 47.1 Å². The van der Waals surface area contributed by atoms with E-state index in [1.54, 1.807) is 34.6 Å². The Morgan fingerprint density at radius 2 is 1.37 bits per heavy atom. The quantitative estimate of drug-likeness (QED) is 0.0750. The maximum atomic E-state index is 12.1. The first kappa shape index (κ1) is 51.7. The van der Waals surface area contributed by atoms with Crippen molar-refractivity contribution in [3.63, 3.8) is 0 Å². The van der Waals surface area contributed by atoms with Crippen LogP contribution >= 0.6 is 0 Å². The number of carbonyl (C=O) groups is 7. The lowest BCUT2D eigenvalue weighted by Gasteiger charge is -2.59. The summed E-state index contributed by atoms with van der Waals surface area (Å²) in [6, 6.07) is 0. The first-order valence-electron chi connectivity index (χ1n) is 24.1. The summed E-state index contributed by atoms with van der Waals surface area (Å²) in [7, 11) is -3.56. The predicted molar refractivity (Wildman–Crippen MR) is 234 cm³/mol. The van der Waals surface area contributed by atoms with Gasteiger partial charge in [-0.1, -0.05) is 20.4 Å². The Morgan fingerprint density at radius 1 is 0.765 bits per heavy atom. The minimum atomic E-state index is -3.56. The van der Waals surface area contributed by atoms with Gasteiger partial charge in [-0.05, 0) is 111 Å². The highest BCUT2D eigenvalue weighted by Gasteiger charge is 2.66. The molecule has 380 valence electrons. The van der Waals surface area contributed by atoms with Crippen LogP contribution in [0.5, 0.6) is 0 Å². The van der Waals surface area contributed by atoms with E-state index in [2.05, 4.69) is 6.58 Å². The number of aliphatic hydroxyl groups is 1. The molecule has 10 aliphatic rings. The van der Waals surface area contributed by atoms with Gasteiger partial charge < -0.3 is 43.0 Å². The van der Waals surface area contributed by atoms with Crippen molar-refractivity contribution in [2.75, 3.05) is 19.8 Å². The molecule has 0 amide bonds. The van der Waals surface area contributed by atoms with Gasteiger partial charge in [0.2, 0.25) is 0 Å². The van der Waals surface area contributed by atoms with Crippen LogP contribution in [0, 0.1) is 40.4 Å². The summed E-state index contributed by atoms with van der Waals surface area (Å²) in [4.78, 5) is 82.6. The van der Waals surface area contributed by atoms with Gasteiger partial charge in [0.05, 0.1) is 46.5 Å². The highest BCUT2D eigenvalue weighted by Crippen LogP contribution is 2.59. The molecule has 0 spiro atoms. The van der Waals surface area contributed by atoms with Crippen molar-refractivity contribution in [3.8, 4) is 0 Å². The summed E-state index contributed by atoms with van der Waals surface area (Å²) in [5, 5.41) is 10.0. The van der Waals surface area contributed by atoms with Crippen LogP contribution in [0.3, 0.4) is 0 Å². The third kappa shape index (κ3) is 10.9. The lowest BCUT2D eigenvalue weighted by atomic mass is 9.52. The van der Waals surface area contributed by atoms with Gasteiger partial charge in [-0.3, -0.25) is 28.2 Å². The van der Waals surface area contributed by atoms with E-state index in [1.165, 1.54) is 6.42 Å². The second-order valence-corrected chi connectivity index (χ2v) is 23.5. The largest absolute Gasteiger partial charge is 0.462 e. The van der Waals surface area contributed by atoms with Crippen LogP contribution in [0.4, 0.5) is 0 Å². The molecular weight excluding hydrogens is 913 g/mol. The maximum absolute atomic E-state index is 12.1. The lowest BCUT2D eigenvalue weighted by Crippen LogP contribution is -2.60. The van der Waals surface area contributed by atoms with Crippen LogP contribution in [-0.4, -0.2) is 128 Å². The normalized spacial score (nSPS) is 36.6. The molecule has 12 atom stereocenters. The Balaban J connectivity index is 0.000000156. The standard InChI is InChI=1S/C19H28O9S.C15H20O7.C14H20O3/c1-4-19(2,3)18(22)26-8-7-25-14(20)5-6-15(21)27-16-11-9-12-13(10-11)29(23,24)28-17(12)16;1-4-15(2,3)14(18)19-6-9(16)21-11-8-5-7-10(20-8)12(11)22-13(7)17;1-9(2)12(15)17-14-6-10-3-11(7-14)5-13(16,4-10)8-14/h11-13,16-17H,4-10H2,1-3H3;7-8,10-12H,4-6H2,1-3H3;10-11,16H,1,3-8H2,2H3. The molecule has 4 saturated heterocycles. The minimum absolute atomic E-state index is 0.00904. The zero-order valence-electron chi connectivity index (χ0n) is 40.2. The molecule has 10 fully saturated rings. The van der Waals surface area contributed by atoms with Gasteiger partial charge in [-0.15, -0.1) is 0 Å². The van der Waals surface area contributed by atoms with Gasteiger partial charge in [-0.2, -0.15) is 8.42 Å². The summed E-state index contributed by atoms with van der Waals surface area (Å²) >= 11 is 0. The van der Waals surface area contributed by atoms with Crippen LogP contribution in [0.25, 0.3) is 0 Å². The number of carbonyl (C=O) groups excluding carboxylic acids is 7. The first-order valence-corrected chi connectivity index (χ1v) is 25.5. The molecule has 8 bridgehead atoms. The Bertz CT molecular complexity index is 2120. The molecule has 6 aliphatic carbocycles. The van der Waals surface area contributed by atoms with Gasteiger partial charge in [-0.25, -0.2) is 9.59 Å². The van der Waals surface area contributed by atoms with E-state index in [0.29, 0.717) is 55.9 Å². The number of hydrogen-bond donors (Lipinski definition) is 1. The van der Waals surface area contributed by atoms with Crippen molar-refractivity contribution in [3.05, 3.63) is 12.2 Å². The number of esters is 7. The first-order chi connectivity index (χ1) is 31.8. The fraction of sp³-hybridized carbons (Fsp3) is 0.812. The second-order valence-electron chi connectivity index (χ2n) is 21.7. The lowest BCUT2D eigenvalue weighted by molar-refractivity contribution is -0.217. The molecule has 68 heavy (non-hydrogen) atoms. The molecule has 12 unspecified atom stereocenters. The average Bonchev–Trinajstić information content (AvgIpc) is 4.09. The number of fused-ring (bicyclic) bond motifs is 2. The van der Waals surface area contributed by atoms with Crippen LogP contribution in [0.2, 0.25) is 0 Å². The Morgan fingerprint density at radius 3 is 1.99 bits per heavy atom. The predicted octanol–water partition coefficient (Wildman–Crippen LogP) is 4.12. The van der Waals surface area contributed by atoms with Crippen molar-refractivity contribution in [1.29, 1.82) is 0 Å². The third-order valence-corrected chi connectivity index (χ3v) is 17.4. The molecule has 20 heteroatoms. The summed E-state index contributed by atoms with van der Waals surface area (Å²) in [5.41, 5.74) is -1.73. The van der Waals surface area contributed by atoms with Gasteiger partial charge >= 0.3 is 41.8 Å². The molecule has 0 aromatic rings. The highest BCUT2D eigenvalue weighted by atomic mass is 32.2. The average molecular weight is 981 g/mol. The Hall–Kier alpha value is -4.14. The van der Waals surface area contributed by atoms with E-state index in [0.717, 1.165) is 25.7 Å². The molecular formula is C48H68O19S. The van der Waals surface area contributed by atoms with E-state index in [4.69, 9.17) is 42.1 Å². The molecule has 6 saturated carbocycles. The highest BCUT2D eigenvalue weighted by molar-refractivity contribution is 7.87.